The van der Waals surface area contributed by atoms with Gasteiger partial charge in [-0.2, -0.15) is 0 Å². The van der Waals surface area contributed by atoms with Crippen molar-refractivity contribution in [2.45, 2.75) is 26.0 Å². The van der Waals surface area contributed by atoms with E-state index in [1.54, 1.807) is 20.1 Å². The van der Waals surface area contributed by atoms with Crippen LogP contribution in [0.15, 0.2) is 18.3 Å². The van der Waals surface area contributed by atoms with Gasteiger partial charge in [0.05, 0.1) is 12.7 Å². The first-order valence-electron chi connectivity index (χ1n) is 5.75. The molecule has 0 aliphatic heterocycles. The fourth-order valence-corrected chi connectivity index (χ4v) is 1.49. The third kappa shape index (κ3) is 4.58. The molecule has 1 aromatic heterocycles. The Labute approximate surface area is 101 Å². The number of ether oxygens (including phenoxy) is 1. The molecule has 0 aliphatic rings. The van der Waals surface area contributed by atoms with E-state index >= 15 is 0 Å². The van der Waals surface area contributed by atoms with Crippen LogP contribution in [0.1, 0.15) is 23.8 Å². The van der Waals surface area contributed by atoms with Gasteiger partial charge in [0.1, 0.15) is 5.69 Å². The van der Waals surface area contributed by atoms with Gasteiger partial charge in [-0.25, -0.2) is 0 Å². The number of amides is 1. The van der Waals surface area contributed by atoms with Crippen molar-refractivity contribution in [2.24, 2.45) is 0 Å². The van der Waals surface area contributed by atoms with Crippen molar-refractivity contribution >= 4 is 5.91 Å². The minimum atomic E-state index is -0.393. The molecule has 0 saturated carbocycles. The van der Waals surface area contributed by atoms with Crippen LogP contribution in [0.5, 0.6) is 0 Å². The zero-order valence-corrected chi connectivity index (χ0v) is 10.3. The molecule has 1 atom stereocenters. The number of methoxy groups -OCH3 is 1. The van der Waals surface area contributed by atoms with E-state index in [0.717, 1.165) is 0 Å². The monoisotopic (exact) mass is 240 g/mol. The smallest absolute Gasteiger partial charge is 0.267 e. The van der Waals surface area contributed by atoms with Crippen LogP contribution >= 0.6 is 0 Å². The molecule has 0 spiro atoms. The maximum absolute atomic E-state index is 11.8. The number of rotatable bonds is 7. The van der Waals surface area contributed by atoms with Crippen LogP contribution in [0.2, 0.25) is 0 Å². The van der Waals surface area contributed by atoms with Crippen LogP contribution in [0, 0.1) is 0 Å². The second-order valence-electron chi connectivity index (χ2n) is 3.97. The first-order valence-corrected chi connectivity index (χ1v) is 5.75. The summed E-state index contributed by atoms with van der Waals surface area (Å²) in [6.45, 7) is 3.41. The third-order valence-corrected chi connectivity index (χ3v) is 2.45. The zero-order valence-electron chi connectivity index (χ0n) is 10.3. The molecular weight excluding hydrogens is 220 g/mol. The summed E-state index contributed by atoms with van der Waals surface area (Å²) in [5.74, 6) is -0.119. The number of nitrogens with zero attached hydrogens (tertiary/aromatic N) is 1. The highest BCUT2D eigenvalue weighted by molar-refractivity contribution is 5.92. The Morgan fingerprint density at radius 2 is 2.41 bits per heavy atom. The Morgan fingerprint density at radius 1 is 1.65 bits per heavy atom. The SMILES string of the molecule is COCCn1cccc1C(=O)NCCC(C)O. The molecule has 2 N–H and O–H groups in total. The molecule has 0 saturated heterocycles. The quantitative estimate of drug-likeness (QED) is 0.735. The molecule has 96 valence electrons. The summed E-state index contributed by atoms with van der Waals surface area (Å²) in [6.07, 6.45) is 2.02. The minimum absolute atomic E-state index is 0.119. The number of aliphatic hydroxyl groups excluding tert-OH is 1. The van der Waals surface area contributed by atoms with Crippen molar-refractivity contribution in [1.82, 2.24) is 9.88 Å². The van der Waals surface area contributed by atoms with Gasteiger partial charge in [0.25, 0.3) is 5.91 Å². The predicted octanol–water partition coefficient (Wildman–Crippen LogP) is 0.635. The van der Waals surface area contributed by atoms with Gasteiger partial charge >= 0.3 is 0 Å². The first-order chi connectivity index (χ1) is 8.15. The van der Waals surface area contributed by atoms with E-state index in [-0.39, 0.29) is 5.91 Å². The number of hydrogen-bond donors (Lipinski definition) is 2. The number of aromatic nitrogens is 1. The maximum Gasteiger partial charge on any atom is 0.267 e. The molecule has 0 bridgehead atoms. The zero-order chi connectivity index (χ0) is 12.7. The lowest BCUT2D eigenvalue weighted by Gasteiger charge is -2.10. The van der Waals surface area contributed by atoms with Crippen LogP contribution in [0.25, 0.3) is 0 Å². The molecule has 0 fully saturated rings. The molecule has 1 heterocycles. The normalized spacial score (nSPS) is 12.4. The average molecular weight is 240 g/mol. The molecule has 1 amide bonds. The van der Waals surface area contributed by atoms with E-state index in [0.29, 0.717) is 31.8 Å². The van der Waals surface area contributed by atoms with E-state index in [4.69, 9.17) is 9.84 Å². The highest BCUT2D eigenvalue weighted by atomic mass is 16.5. The predicted molar refractivity (Wildman–Crippen MR) is 64.9 cm³/mol. The Kier molecular flexibility index (Phi) is 5.72. The first kappa shape index (κ1) is 13.7. The van der Waals surface area contributed by atoms with E-state index < -0.39 is 6.10 Å². The molecule has 1 rings (SSSR count). The Bertz CT molecular complexity index is 347. The summed E-state index contributed by atoms with van der Waals surface area (Å²) in [5, 5.41) is 11.9. The van der Waals surface area contributed by atoms with Gasteiger partial charge in [-0.05, 0) is 25.5 Å². The largest absolute Gasteiger partial charge is 0.393 e. The van der Waals surface area contributed by atoms with E-state index in [2.05, 4.69) is 5.32 Å². The van der Waals surface area contributed by atoms with Gasteiger partial charge in [-0.3, -0.25) is 4.79 Å². The van der Waals surface area contributed by atoms with Crippen LogP contribution in [0.4, 0.5) is 0 Å². The molecular formula is C12H20N2O3. The van der Waals surface area contributed by atoms with Crippen molar-refractivity contribution in [3.05, 3.63) is 24.0 Å². The maximum atomic E-state index is 11.8. The van der Waals surface area contributed by atoms with Crippen LogP contribution in [-0.2, 0) is 11.3 Å². The van der Waals surface area contributed by atoms with Crippen LogP contribution < -0.4 is 5.32 Å². The number of carbonyl (C=O) groups excluding carboxylic acids is 1. The highest BCUT2D eigenvalue weighted by Gasteiger charge is 2.10. The lowest BCUT2D eigenvalue weighted by atomic mass is 10.3. The summed E-state index contributed by atoms with van der Waals surface area (Å²) in [6, 6.07) is 3.60. The molecule has 1 aromatic rings. The summed E-state index contributed by atoms with van der Waals surface area (Å²) in [4.78, 5) is 11.8. The molecule has 5 heteroatoms. The Morgan fingerprint density at radius 3 is 3.06 bits per heavy atom. The molecule has 0 radical (unpaired) electrons. The third-order valence-electron chi connectivity index (χ3n) is 2.45. The summed E-state index contributed by atoms with van der Waals surface area (Å²) >= 11 is 0. The average Bonchev–Trinajstić information content (AvgIpc) is 2.73. The molecule has 17 heavy (non-hydrogen) atoms. The fourth-order valence-electron chi connectivity index (χ4n) is 1.49. The second-order valence-corrected chi connectivity index (χ2v) is 3.97. The van der Waals surface area contributed by atoms with Crippen molar-refractivity contribution < 1.29 is 14.6 Å². The van der Waals surface area contributed by atoms with Gasteiger partial charge < -0.3 is 19.7 Å². The van der Waals surface area contributed by atoms with E-state index in [1.165, 1.54) is 0 Å². The van der Waals surface area contributed by atoms with Crippen molar-refractivity contribution in [1.29, 1.82) is 0 Å². The molecule has 1 unspecified atom stereocenters. The summed E-state index contributed by atoms with van der Waals surface area (Å²) < 4.78 is 6.83. The lowest BCUT2D eigenvalue weighted by molar-refractivity contribution is 0.0933. The lowest BCUT2D eigenvalue weighted by Crippen LogP contribution is -2.28. The fraction of sp³-hybridized carbons (Fsp3) is 0.583. The standard InChI is InChI=1S/C12H20N2O3/c1-10(15)5-6-13-12(16)11-4-3-7-14(11)8-9-17-2/h3-4,7,10,15H,5-6,8-9H2,1-2H3,(H,13,16). The van der Waals surface area contributed by atoms with Crippen molar-refractivity contribution in [3.8, 4) is 0 Å². The van der Waals surface area contributed by atoms with E-state index in [1.807, 2.05) is 16.8 Å². The number of nitrogens with one attached hydrogen (secondary N) is 1. The summed E-state index contributed by atoms with van der Waals surface area (Å²) in [7, 11) is 1.63. The minimum Gasteiger partial charge on any atom is -0.393 e. The highest BCUT2D eigenvalue weighted by Crippen LogP contribution is 2.02. The van der Waals surface area contributed by atoms with Crippen molar-refractivity contribution in [3.63, 3.8) is 0 Å². The van der Waals surface area contributed by atoms with Gasteiger partial charge in [0, 0.05) is 26.4 Å². The van der Waals surface area contributed by atoms with Gasteiger partial charge in [0.15, 0.2) is 0 Å². The number of carbonyl (C=O) groups is 1. The Hall–Kier alpha value is -1.33. The van der Waals surface area contributed by atoms with Crippen LogP contribution in [-0.4, -0.2) is 41.9 Å². The van der Waals surface area contributed by atoms with Crippen LogP contribution in [0.3, 0.4) is 0 Å². The Balaban J connectivity index is 2.47. The molecule has 0 aromatic carbocycles. The molecule has 5 nitrogen and oxygen atoms in total. The number of hydrogen-bond acceptors (Lipinski definition) is 3. The van der Waals surface area contributed by atoms with Gasteiger partial charge in [-0.1, -0.05) is 0 Å². The molecule has 0 aliphatic carbocycles. The topological polar surface area (TPSA) is 63.5 Å². The number of aliphatic hydroxyl groups is 1. The van der Waals surface area contributed by atoms with Gasteiger partial charge in [-0.15, -0.1) is 0 Å². The second kappa shape index (κ2) is 7.09. The van der Waals surface area contributed by atoms with E-state index in [9.17, 15) is 4.79 Å². The summed E-state index contributed by atoms with van der Waals surface area (Å²) in [5.41, 5.74) is 0.618. The van der Waals surface area contributed by atoms with Crippen molar-refractivity contribution in [2.75, 3.05) is 20.3 Å². The van der Waals surface area contributed by atoms with Gasteiger partial charge in [0.2, 0.25) is 0 Å².